The van der Waals surface area contributed by atoms with Crippen molar-refractivity contribution < 1.29 is 23.9 Å². The summed E-state index contributed by atoms with van der Waals surface area (Å²) in [5, 5.41) is 2.81. The van der Waals surface area contributed by atoms with Crippen molar-refractivity contribution in [2.45, 2.75) is 11.3 Å². The third-order valence-electron chi connectivity index (χ3n) is 3.36. The average Bonchev–Trinajstić information content (AvgIpc) is 2.67. The number of hydrogen-bond acceptors (Lipinski definition) is 6. The van der Waals surface area contributed by atoms with E-state index < -0.39 is 24.4 Å². The van der Waals surface area contributed by atoms with Gasteiger partial charge in [0.15, 0.2) is 6.61 Å². The van der Waals surface area contributed by atoms with Gasteiger partial charge in [0.2, 0.25) is 0 Å². The van der Waals surface area contributed by atoms with Gasteiger partial charge in [0.25, 0.3) is 11.8 Å². The molecule has 0 radical (unpaired) electrons. The van der Waals surface area contributed by atoms with E-state index in [1.807, 2.05) is 12.1 Å². The molecule has 0 saturated heterocycles. The molecule has 0 atom stereocenters. The van der Waals surface area contributed by atoms with Gasteiger partial charge in [-0.3, -0.25) is 19.7 Å². The molecule has 2 aromatic carbocycles. The highest BCUT2D eigenvalue weighted by atomic mass is 35.5. The summed E-state index contributed by atoms with van der Waals surface area (Å²) in [5.41, 5.74) is 0.221. The molecule has 0 aliphatic rings. The van der Waals surface area contributed by atoms with Gasteiger partial charge in [-0.15, -0.1) is 11.8 Å². The maximum atomic E-state index is 12.1. The monoisotopic (exact) mass is 407 g/mol. The first-order valence-electron chi connectivity index (χ1n) is 8.01. The van der Waals surface area contributed by atoms with E-state index >= 15 is 0 Å². The van der Waals surface area contributed by atoms with Gasteiger partial charge in [-0.25, -0.2) is 0 Å². The van der Waals surface area contributed by atoms with Gasteiger partial charge in [-0.2, -0.15) is 0 Å². The number of benzene rings is 2. The fraction of sp³-hybridized carbons (Fsp3) is 0.211. The van der Waals surface area contributed by atoms with E-state index in [0.29, 0.717) is 16.5 Å². The number of halogens is 1. The van der Waals surface area contributed by atoms with Crippen LogP contribution in [0, 0.1) is 0 Å². The van der Waals surface area contributed by atoms with Crippen LogP contribution in [0.3, 0.4) is 0 Å². The van der Waals surface area contributed by atoms with Gasteiger partial charge in [0.1, 0.15) is 5.75 Å². The Labute approximate surface area is 166 Å². The molecule has 0 fully saturated rings. The highest BCUT2D eigenvalue weighted by Gasteiger charge is 2.15. The lowest BCUT2D eigenvalue weighted by molar-refractivity contribution is -0.147. The molecule has 2 amide bonds. The minimum absolute atomic E-state index is 0.140. The third-order valence-corrected chi connectivity index (χ3v) is 4.62. The molecule has 0 heterocycles. The average molecular weight is 408 g/mol. The summed E-state index contributed by atoms with van der Waals surface area (Å²) in [7, 11) is 1.43. The molecule has 1 N–H and O–H groups in total. The van der Waals surface area contributed by atoms with Crippen LogP contribution in [0.5, 0.6) is 5.75 Å². The topological polar surface area (TPSA) is 81.7 Å². The Bertz CT molecular complexity index is 810. The largest absolute Gasteiger partial charge is 0.496 e. The van der Waals surface area contributed by atoms with Crippen LogP contribution in [0.2, 0.25) is 5.02 Å². The van der Waals surface area contributed by atoms with Crippen molar-refractivity contribution in [3.63, 3.8) is 0 Å². The summed E-state index contributed by atoms with van der Waals surface area (Å²) in [6.07, 6.45) is 0.140. The number of hydrogen-bond donors (Lipinski definition) is 1. The molecule has 0 aromatic heterocycles. The maximum Gasteiger partial charge on any atom is 0.307 e. The Balaban J connectivity index is 1.70. The van der Waals surface area contributed by atoms with Crippen LogP contribution in [0.1, 0.15) is 16.8 Å². The smallest absolute Gasteiger partial charge is 0.307 e. The van der Waals surface area contributed by atoms with Crippen molar-refractivity contribution >= 4 is 41.1 Å². The molecule has 0 aliphatic carbocycles. The number of carbonyl (C=O) groups excluding carboxylic acids is 3. The summed E-state index contributed by atoms with van der Waals surface area (Å²) in [6.45, 7) is -0.522. The standard InChI is InChI=1S/C19H18ClNO5S/c1-25-16-5-3-2-4-15(16)19(24)21-17(22)12-26-18(23)10-11-27-14-8-6-13(20)7-9-14/h2-9H,10-12H2,1H3,(H,21,22,24). The van der Waals surface area contributed by atoms with Gasteiger partial charge in [-0.1, -0.05) is 23.7 Å². The number of thioether (sulfide) groups is 1. The summed E-state index contributed by atoms with van der Waals surface area (Å²) in [4.78, 5) is 36.5. The van der Waals surface area contributed by atoms with Crippen molar-refractivity contribution in [1.29, 1.82) is 0 Å². The zero-order valence-electron chi connectivity index (χ0n) is 14.6. The van der Waals surface area contributed by atoms with E-state index in [1.54, 1.807) is 30.3 Å². The van der Waals surface area contributed by atoms with E-state index in [2.05, 4.69) is 5.32 Å². The van der Waals surface area contributed by atoms with Gasteiger partial charge in [0, 0.05) is 15.7 Å². The third kappa shape index (κ3) is 6.96. The maximum absolute atomic E-state index is 12.1. The van der Waals surface area contributed by atoms with Gasteiger partial charge in [0.05, 0.1) is 19.1 Å². The van der Waals surface area contributed by atoms with Crippen LogP contribution < -0.4 is 10.1 Å². The first-order valence-corrected chi connectivity index (χ1v) is 9.37. The first kappa shape index (κ1) is 20.8. The minimum Gasteiger partial charge on any atom is -0.496 e. The normalized spacial score (nSPS) is 10.1. The van der Waals surface area contributed by atoms with E-state index in [1.165, 1.54) is 24.9 Å². The van der Waals surface area contributed by atoms with E-state index in [0.717, 1.165) is 4.90 Å². The molecule has 0 bridgehead atoms. The second-order valence-electron chi connectivity index (χ2n) is 5.29. The van der Waals surface area contributed by atoms with Crippen molar-refractivity contribution in [3.05, 3.63) is 59.1 Å². The predicted molar refractivity (Wildman–Crippen MR) is 103 cm³/mol. The number of para-hydroxylation sites is 1. The number of nitrogens with one attached hydrogen (secondary N) is 1. The van der Waals surface area contributed by atoms with Crippen LogP contribution in [0.4, 0.5) is 0 Å². The molecule has 0 spiro atoms. The van der Waals surface area contributed by atoms with Gasteiger partial charge < -0.3 is 9.47 Å². The number of carbonyl (C=O) groups is 3. The summed E-state index contributed by atoms with van der Waals surface area (Å²) in [5.74, 6) is -0.992. The van der Waals surface area contributed by atoms with Crippen LogP contribution in [-0.2, 0) is 14.3 Å². The molecule has 8 heteroatoms. The lowest BCUT2D eigenvalue weighted by Gasteiger charge is -2.08. The zero-order valence-corrected chi connectivity index (χ0v) is 16.1. The highest BCUT2D eigenvalue weighted by molar-refractivity contribution is 7.99. The van der Waals surface area contributed by atoms with Gasteiger partial charge in [-0.05, 0) is 36.4 Å². The van der Waals surface area contributed by atoms with Crippen molar-refractivity contribution in [3.8, 4) is 5.75 Å². The van der Waals surface area contributed by atoms with E-state index in [-0.39, 0.29) is 12.0 Å². The van der Waals surface area contributed by atoms with Crippen molar-refractivity contribution in [2.75, 3.05) is 19.5 Å². The second kappa shape index (κ2) is 10.6. The molecule has 2 aromatic rings. The molecule has 142 valence electrons. The Morgan fingerprint density at radius 2 is 1.78 bits per heavy atom. The number of imide groups is 1. The second-order valence-corrected chi connectivity index (χ2v) is 6.90. The molecule has 0 aliphatic heterocycles. The number of esters is 1. The molecule has 0 unspecified atom stereocenters. The van der Waals surface area contributed by atoms with Crippen molar-refractivity contribution in [2.24, 2.45) is 0 Å². The predicted octanol–water partition coefficient (Wildman–Crippen LogP) is 3.33. The van der Waals surface area contributed by atoms with E-state index in [4.69, 9.17) is 21.1 Å². The van der Waals surface area contributed by atoms with Gasteiger partial charge >= 0.3 is 5.97 Å². The number of methoxy groups -OCH3 is 1. The fourth-order valence-corrected chi connectivity index (χ4v) is 3.02. The molecule has 27 heavy (non-hydrogen) atoms. The summed E-state index contributed by atoms with van der Waals surface area (Å²) >= 11 is 7.28. The number of ether oxygens (including phenoxy) is 2. The number of rotatable bonds is 8. The quantitative estimate of drug-likeness (QED) is 0.534. The minimum atomic E-state index is -0.704. The zero-order chi connectivity index (χ0) is 19.6. The Kier molecular flexibility index (Phi) is 8.16. The fourth-order valence-electron chi connectivity index (χ4n) is 2.06. The Morgan fingerprint density at radius 3 is 2.48 bits per heavy atom. The van der Waals surface area contributed by atoms with Crippen LogP contribution in [-0.4, -0.2) is 37.3 Å². The highest BCUT2D eigenvalue weighted by Crippen LogP contribution is 2.21. The first-order chi connectivity index (χ1) is 13.0. The molecule has 0 saturated carbocycles. The molecule has 6 nitrogen and oxygen atoms in total. The van der Waals surface area contributed by atoms with Crippen LogP contribution >= 0.6 is 23.4 Å². The number of amides is 2. The van der Waals surface area contributed by atoms with Crippen molar-refractivity contribution in [1.82, 2.24) is 5.32 Å². The van der Waals surface area contributed by atoms with E-state index in [9.17, 15) is 14.4 Å². The molecular formula is C19H18ClNO5S. The summed E-state index contributed by atoms with van der Waals surface area (Å²) < 4.78 is 9.95. The molecule has 2 rings (SSSR count). The lowest BCUT2D eigenvalue weighted by Crippen LogP contribution is -2.34. The van der Waals surface area contributed by atoms with Crippen LogP contribution in [0.15, 0.2) is 53.4 Å². The lowest BCUT2D eigenvalue weighted by atomic mass is 10.2. The van der Waals surface area contributed by atoms with Crippen LogP contribution in [0.25, 0.3) is 0 Å². The summed E-state index contributed by atoms with van der Waals surface area (Å²) in [6, 6.07) is 13.8. The SMILES string of the molecule is COc1ccccc1C(=O)NC(=O)COC(=O)CCSc1ccc(Cl)cc1. The molecular weight excluding hydrogens is 390 g/mol. The Hall–Kier alpha value is -2.51. The Morgan fingerprint density at radius 1 is 1.07 bits per heavy atom.